The van der Waals surface area contributed by atoms with Gasteiger partial charge in [0.1, 0.15) is 5.75 Å². The molecule has 0 amide bonds. The fourth-order valence-electron chi connectivity index (χ4n) is 0.744. The predicted molar refractivity (Wildman–Crippen MR) is 40.8 cm³/mol. The molecule has 0 spiro atoms. The van der Waals surface area contributed by atoms with Crippen LogP contribution >= 0.6 is 15.9 Å². The number of alkyl halides is 3. The van der Waals surface area contributed by atoms with E-state index >= 15 is 0 Å². The molecule has 0 fully saturated rings. The number of phenolic OH excluding ortho intramolecular Hbond substituents is 1. The average molecular weight is 241 g/mol. The molecule has 1 rings (SSSR count). The quantitative estimate of drug-likeness (QED) is 0.739. The van der Waals surface area contributed by atoms with Gasteiger partial charge in [0, 0.05) is 0 Å². The molecule has 5 heteroatoms. The molecule has 0 aromatic heterocycles. The molecule has 1 aromatic carbocycles. The van der Waals surface area contributed by atoms with Crippen molar-refractivity contribution in [2.45, 2.75) is 6.18 Å². The summed E-state index contributed by atoms with van der Waals surface area (Å²) in [7, 11) is 0. The molecular formula is C7H4BrF3O. The van der Waals surface area contributed by atoms with Gasteiger partial charge in [-0.25, -0.2) is 0 Å². The molecule has 0 atom stereocenters. The van der Waals surface area contributed by atoms with Crippen LogP contribution in [-0.2, 0) is 6.18 Å². The van der Waals surface area contributed by atoms with E-state index < -0.39 is 17.5 Å². The number of rotatable bonds is 0. The standard InChI is InChI=1S/C7H4BrF3O/c8-5-3-1-2-4(6(5)12)7(9,10)11/h1-3,12H. The fourth-order valence-corrected chi connectivity index (χ4v) is 1.11. The van der Waals surface area contributed by atoms with Gasteiger partial charge in [-0.1, -0.05) is 6.07 Å². The van der Waals surface area contributed by atoms with Crippen LogP contribution in [0, 0.1) is 0 Å². The van der Waals surface area contributed by atoms with Gasteiger partial charge in [0.25, 0.3) is 0 Å². The Hall–Kier alpha value is -0.710. The predicted octanol–water partition coefficient (Wildman–Crippen LogP) is 3.17. The molecule has 0 aliphatic carbocycles. The zero-order chi connectivity index (χ0) is 9.35. The van der Waals surface area contributed by atoms with E-state index in [1.54, 1.807) is 0 Å². The lowest BCUT2D eigenvalue weighted by Gasteiger charge is -2.08. The zero-order valence-electron chi connectivity index (χ0n) is 5.69. The highest BCUT2D eigenvalue weighted by Gasteiger charge is 2.34. The summed E-state index contributed by atoms with van der Waals surface area (Å²) in [5, 5.41) is 8.97. The van der Waals surface area contributed by atoms with Gasteiger partial charge in [0.2, 0.25) is 0 Å². The maximum atomic E-state index is 12.0. The Morgan fingerprint density at radius 2 is 1.83 bits per heavy atom. The molecule has 1 aromatic rings. The molecule has 12 heavy (non-hydrogen) atoms. The Labute approximate surface area is 75.0 Å². The van der Waals surface area contributed by atoms with E-state index in [0.717, 1.165) is 6.07 Å². The summed E-state index contributed by atoms with van der Waals surface area (Å²) in [6.07, 6.45) is -4.51. The van der Waals surface area contributed by atoms with Crippen molar-refractivity contribution in [1.29, 1.82) is 0 Å². The first-order valence-corrected chi connectivity index (χ1v) is 3.77. The minimum absolute atomic E-state index is 0.0392. The van der Waals surface area contributed by atoms with Crippen LogP contribution in [0.2, 0.25) is 0 Å². The van der Waals surface area contributed by atoms with Gasteiger partial charge in [-0.3, -0.25) is 0 Å². The smallest absolute Gasteiger partial charge is 0.419 e. The molecule has 66 valence electrons. The van der Waals surface area contributed by atoms with Crippen LogP contribution in [0.3, 0.4) is 0 Å². The monoisotopic (exact) mass is 240 g/mol. The van der Waals surface area contributed by atoms with Gasteiger partial charge < -0.3 is 5.11 Å². The van der Waals surface area contributed by atoms with Gasteiger partial charge in [-0.05, 0) is 28.1 Å². The lowest BCUT2D eigenvalue weighted by molar-refractivity contribution is -0.138. The number of aromatic hydroxyl groups is 1. The fraction of sp³-hybridized carbons (Fsp3) is 0.143. The van der Waals surface area contributed by atoms with Crippen LogP contribution in [0.5, 0.6) is 5.75 Å². The van der Waals surface area contributed by atoms with Gasteiger partial charge in [-0.15, -0.1) is 0 Å². The second-order valence-corrected chi connectivity index (χ2v) is 2.99. The maximum Gasteiger partial charge on any atom is 0.419 e. The molecule has 1 N–H and O–H groups in total. The van der Waals surface area contributed by atoms with Crippen molar-refractivity contribution in [3.05, 3.63) is 28.2 Å². The largest absolute Gasteiger partial charge is 0.506 e. The summed E-state index contributed by atoms with van der Waals surface area (Å²) in [5.74, 6) is -0.773. The molecule has 0 bridgehead atoms. The second kappa shape index (κ2) is 2.97. The van der Waals surface area contributed by atoms with Crippen LogP contribution in [0.1, 0.15) is 5.56 Å². The number of benzene rings is 1. The van der Waals surface area contributed by atoms with Crippen molar-refractivity contribution >= 4 is 15.9 Å². The van der Waals surface area contributed by atoms with E-state index in [9.17, 15) is 13.2 Å². The first-order valence-electron chi connectivity index (χ1n) is 2.97. The van der Waals surface area contributed by atoms with Crippen molar-refractivity contribution in [2.24, 2.45) is 0 Å². The van der Waals surface area contributed by atoms with Crippen LogP contribution in [-0.4, -0.2) is 5.11 Å². The Kier molecular flexibility index (Phi) is 2.32. The minimum atomic E-state index is -4.51. The summed E-state index contributed by atoms with van der Waals surface area (Å²) < 4.78 is 36.2. The number of hydrogen-bond acceptors (Lipinski definition) is 1. The highest BCUT2D eigenvalue weighted by Crippen LogP contribution is 2.38. The average Bonchev–Trinajstić information content (AvgIpc) is 1.92. The minimum Gasteiger partial charge on any atom is -0.506 e. The molecule has 0 saturated carbocycles. The van der Waals surface area contributed by atoms with E-state index in [-0.39, 0.29) is 4.47 Å². The van der Waals surface area contributed by atoms with Crippen LogP contribution in [0.15, 0.2) is 22.7 Å². The summed E-state index contributed by atoms with van der Waals surface area (Å²) in [4.78, 5) is 0. The Morgan fingerprint density at radius 3 is 2.25 bits per heavy atom. The molecule has 0 heterocycles. The molecular weight excluding hydrogens is 237 g/mol. The molecule has 0 aliphatic rings. The third-order valence-corrected chi connectivity index (χ3v) is 1.93. The Morgan fingerprint density at radius 1 is 1.25 bits per heavy atom. The second-order valence-electron chi connectivity index (χ2n) is 2.13. The third kappa shape index (κ3) is 1.72. The summed E-state index contributed by atoms with van der Waals surface area (Å²) >= 11 is 2.79. The van der Waals surface area contributed by atoms with E-state index in [1.165, 1.54) is 12.1 Å². The summed E-state index contributed by atoms with van der Waals surface area (Å²) in [6.45, 7) is 0. The van der Waals surface area contributed by atoms with E-state index in [4.69, 9.17) is 5.11 Å². The van der Waals surface area contributed by atoms with E-state index in [0.29, 0.717) is 0 Å². The Bertz CT molecular complexity index is 295. The normalized spacial score (nSPS) is 11.7. The highest BCUT2D eigenvalue weighted by atomic mass is 79.9. The first kappa shape index (κ1) is 9.38. The molecule has 1 nitrogen and oxygen atoms in total. The number of phenols is 1. The maximum absolute atomic E-state index is 12.0. The van der Waals surface area contributed by atoms with E-state index in [1.807, 2.05) is 0 Å². The molecule has 0 aliphatic heterocycles. The van der Waals surface area contributed by atoms with Crippen molar-refractivity contribution in [2.75, 3.05) is 0 Å². The molecule has 0 radical (unpaired) electrons. The third-order valence-electron chi connectivity index (χ3n) is 1.29. The summed E-state index contributed by atoms with van der Waals surface area (Å²) in [6, 6.07) is 3.37. The van der Waals surface area contributed by atoms with Gasteiger partial charge in [-0.2, -0.15) is 13.2 Å². The lowest BCUT2D eigenvalue weighted by atomic mass is 10.2. The van der Waals surface area contributed by atoms with E-state index in [2.05, 4.69) is 15.9 Å². The highest BCUT2D eigenvalue weighted by molar-refractivity contribution is 9.10. The molecule has 0 saturated heterocycles. The van der Waals surface area contributed by atoms with Gasteiger partial charge in [0.05, 0.1) is 10.0 Å². The van der Waals surface area contributed by atoms with Gasteiger partial charge in [0.15, 0.2) is 0 Å². The SMILES string of the molecule is Oc1c(Br)cccc1C(F)(F)F. The Balaban J connectivity index is 3.26. The lowest BCUT2D eigenvalue weighted by Crippen LogP contribution is -2.04. The van der Waals surface area contributed by atoms with Crippen molar-refractivity contribution in [3.8, 4) is 5.75 Å². The van der Waals surface area contributed by atoms with Crippen molar-refractivity contribution in [3.63, 3.8) is 0 Å². The topological polar surface area (TPSA) is 20.2 Å². The zero-order valence-corrected chi connectivity index (χ0v) is 7.28. The van der Waals surface area contributed by atoms with Gasteiger partial charge >= 0.3 is 6.18 Å². The van der Waals surface area contributed by atoms with Crippen molar-refractivity contribution in [1.82, 2.24) is 0 Å². The number of hydrogen-bond donors (Lipinski definition) is 1. The number of halogens is 4. The van der Waals surface area contributed by atoms with Crippen LogP contribution < -0.4 is 0 Å². The molecule has 0 unspecified atom stereocenters. The van der Waals surface area contributed by atoms with Crippen LogP contribution in [0.4, 0.5) is 13.2 Å². The van der Waals surface area contributed by atoms with Crippen LogP contribution in [0.25, 0.3) is 0 Å². The summed E-state index contributed by atoms with van der Waals surface area (Å²) in [5.41, 5.74) is -1.03. The first-order chi connectivity index (χ1) is 5.43. The number of para-hydroxylation sites is 1. The van der Waals surface area contributed by atoms with Crippen molar-refractivity contribution < 1.29 is 18.3 Å².